The van der Waals surface area contributed by atoms with Crippen molar-refractivity contribution < 1.29 is 19.7 Å². The molecule has 4 heteroatoms. The first-order chi connectivity index (χ1) is 14.0. The van der Waals surface area contributed by atoms with E-state index in [-0.39, 0.29) is 34.0 Å². The molecule has 1 aromatic carbocycles. The number of methoxy groups -OCH3 is 1. The Morgan fingerprint density at radius 1 is 1.13 bits per heavy atom. The van der Waals surface area contributed by atoms with Crippen LogP contribution in [-0.4, -0.2) is 34.6 Å². The number of hydrogen-bond acceptors (Lipinski definition) is 4. The summed E-state index contributed by atoms with van der Waals surface area (Å²) in [5.41, 5.74) is 0.947. The predicted molar refractivity (Wildman–Crippen MR) is 115 cm³/mol. The van der Waals surface area contributed by atoms with E-state index in [1.807, 2.05) is 20.1 Å². The third kappa shape index (κ3) is 1.71. The van der Waals surface area contributed by atoms with Crippen LogP contribution in [-0.2, 0) is 10.2 Å². The van der Waals surface area contributed by atoms with Crippen LogP contribution in [0.1, 0.15) is 83.8 Å². The Balaban J connectivity index is 1.64. The molecular formula is C26H36O4. The van der Waals surface area contributed by atoms with Crippen molar-refractivity contribution in [1.82, 2.24) is 0 Å². The second kappa shape index (κ2) is 5.20. The van der Waals surface area contributed by atoms with Gasteiger partial charge < -0.3 is 19.7 Å². The molecule has 4 fully saturated rings. The number of phenolic OH excluding ortho intramolecular Hbond substituents is 1. The summed E-state index contributed by atoms with van der Waals surface area (Å²) in [6, 6.07) is 3.97. The van der Waals surface area contributed by atoms with Gasteiger partial charge in [-0.05, 0) is 73.3 Å². The fourth-order valence-electron chi connectivity index (χ4n) is 9.04. The van der Waals surface area contributed by atoms with Gasteiger partial charge >= 0.3 is 0 Å². The van der Waals surface area contributed by atoms with Crippen LogP contribution in [0.15, 0.2) is 12.1 Å². The molecule has 4 nitrogen and oxygen atoms in total. The highest BCUT2D eigenvalue weighted by Crippen LogP contribution is 2.81. The van der Waals surface area contributed by atoms with E-state index in [0.717, 1.165) is 25.7 Å². The third-order valence-corrected chi connectivity index (χ3v) is 10.9. The molecule has 164 valence electrons. The molecule has 0 radical (unpaired) electrons. The lowest BCUT2D eigenvalue weighted by Gasteiger charge is -2.72. The second-order valence-electron chi connectivity index (χ2n) is 12.4. The summed E-state index contributed by atoms with van der Waals surface area (Å²) >= 11 is 0. The molecule has 1 aliphatic heterocycles. The maximum Gasteiger partial charge on any atom is 0.165 e. The Labute approximate surface area is 180 Å². The standard InChI is InChI=1S/C26H36O4/c1-14-11-15-12-25-19-16(15)7-8-17(27)20(19)30-21(25)26(29-6)10-9-24(14,25)13-18(26)23(5,28)22(2,3)4/h7-8,14-15,18,21,27-28H,9-13H2,1-6H3/t14-,15-,18+,21+,23?,24+,25-,26+/m0/s1. The summed E-state index contributed by atoms with van der Waals surface area (Å²) < 4.78 is 13.2. The molecule has 0 aromatic heterocycles. The fourth-order valence-corrected chi connectivity index (χ4v) is 9.04. The lowest BCUT2D eigenvalue weighted by atomic mass is 9.34. The molecule has 2 N–H and O–H groups in total. The number of benzene rings is 1. The van der Waals surface area contributed by atoms with Crippen LogP contribution >= 0.6 is 0 Å². The van der Waals surface area contributed by atoms with Gasteiger partial charge in [0, 0.05) is 24.0 Å². The van der Waals surface area contributed by atoms with E-state index in [1.165, 1.54) is 17.5 Å². The fraction of sp³-hybridized carbons (Fsp3) is 0.769. The summed E-state index contributed by atoms with van der Waals surface area (Å²) in [6.45, 7) is 10.9. The van der Waals surface area contributed by atoms with E-state index >= 15 is 0 Å². The number of aliphatic hydroxyl groups is 1. The number of ether oxygens (including phenoxy) is 2. The van der Waals surface area contributed by atoms with Crippen LogP contribution in [0.5, 0.6) is 11.5 Å². The normalized spacial score (nSPS) is 47.0. The van der Waals surface area contributed by atoms with Crippen molar-refractivity contribution in [3.05, 3.63) is 23.3 Å². The molecule has 0 amide bonds. The van der Waals surface area contributed by atoms with E-state index in [2.05, 4.69) is 33.8 Å². The minimum Gasteiger partial charge on any atom is -0.504 e. The van der Waals surface area contributed by atoms with Gasteiger partial charge in [0.2, 0.25) is 0 Å². The van der Waals surface area contributed by atoms with Crippen molar-refractivity contribution in [2.24, 2.45) is 22.7 Å². The Morgan fingerprint density at radius 2 is 1.87 bits per heavy atom. The highest BCUT2D eigenvalue weighted by atomic mass is 16.6. The van der Waals surface area contributed by atoms with Crippen LogP contribution in [0.2, 0.25) is 0 Å². The largest absolute Gasteiger partial charge is 0.504 e. The molecule has 1 aromatic rings. The molecule has 1 unspecified atom stereocenters. The second-order valence-corrected chi connectivity index (χ2v) is 12.4. The smallest absolute Gasteiger partial charge is 0.165 e. The molecule has 2 spiro atoms. The summed E-state index contributed by atoms with van der Waals surface area (Å²) in [5, 5.41) is 22.8. The van der Waals surface area contributed by atoms with E-state index in [0.29, 0.717) is 17.6 Å². The highest BCUT2D eigenvalue weighted by Gasteiger charge is 2.82. The Bertz CT molecular complexity index is 945. The summed E-state index contributed by atoms with van der Waals surface area (Å²) in [4.78, 5) is 0. The van der Waals surface area contributed by atoms with Crippen molar-refractivity contribution >= 4 is 0 Å². The monoisotopic (exact) mass is 412 g/mol. The zero-order chi connectivity index (χ0) is 21.5. The molecule has 4 saturated carbocycles. The van der Waals surface area contributed by atoms with Gasteiger partial charge in [0.15, 0.2) is 11.5 Å². The Morgan fingerprint density at radius 3 is 2.53 bits per heavy atom. The zero-order valence-electron chi connectivity index (χ0n) is 19.2. The maximum absolute atomic E-state index is 12.0. The van der Waals surface area contributed by atoms with Crippen LogP contribution < -0.4 is 4.74 Å². The predicted octanol–water partition coefficient (Wildman–Crippen LogP) is 4.90. The zero-order valence-corrected chi connectivity index (χ0v) is 19.2. The van der Waals surface area contributed by atoms with Crippen molar-refractivity contribution in [3.63, 3.8) is 0 Å². The number of aromatic hydroxyl groups is 1. The van der Waals surface area contributed by atoms with E-state index in [4.69, 9.17) is 9.47 Å². The molecule has 1 heterocycles. The van der Waals surface area contributed by atoms with Gasteiger partial charge in [0.25, 0.3) is 0 Å². The van der Waals surface area contributed by atoms with Crippen molar-refractivity contribution in [2.45, 2.75) is 95.4 Å². The first-order valence-electron chi connectivity index (χ1n) is 11.8. The van der Waals surface area contributed by atoms with Gasteiger partial charge in [0.05, 0.1) is 5.60 Å². The number of hydrogen-bond donors (Lipinski definition) is 2. The van der Waals surface area contributed by atoms with E-state index < -0.39 is 11.2 Å². The van der Waals surface area contributed by atoms with Crippen LogP contribution in [0.25, 0.3) is 0 Å². The van der Waals surface area contributed by atoms with Gasteiger partial charge in [-0.15, -0.1) is 0 Å². The third-order valence-electron chi connectivity index (χ3n) is 10.9. The van der Waals surface area contributed by atoms with Crippen LogP contribution in [0, 0.1) is 22.7 Å². The first kappa shape index (κ1) is 19.4. The minimum absolute atomic E-state index is 0.0149. The van der Waals surface area contributed by atoms with Crippen LogP contribution in [0.3, 0.4) is 0 Å². The minimum atomic E-state index is -0.893. The van der Waals surface area contributed by atoms with E-state index in [9.17, 15) is 10.2 Å². The number of rotatable bonds is 2. The Hall–Kier alpha value is -1.26. The molecular weight excluding hydrogens is 376 g/mol. The van der Waals surface area contributed by atoms with Crippen LogP contribution in [0.4, 0.5) is 0 Å². The topological polar surface area (TPSA) is 58.9 Å². The summed E-state index contributed by atoms with van der Waals surface area (Å²) in [5.74, 6) is 2.05. The molecule has 6 aliphatic rings. The summed E-state index contributed by atoms with van der Waals surface area (Å²) in [6.07, 6.45) is 5.13. The average molecular weight is 413 g/mol. The lowest BCUT2D eigenvalue weighted by molar-refractivity contribution is -0.305. The molecule has 7 rings (SSSR count). The van der Waals surface area contributed by atoms with Gasteiger partial charge in [-0.2, -0.15) is 0 Å². The lowest BCUT2D eigenvalue weighted by Crippen LogP contribution is -2.78. The van der Waals surface area contributed by atoms with Gasteiger partial charge in [0.1, 0.15) is 11.7 Å². The molecule has 8 atom stereocenters. The van der Waals surface area contributed by atoms with Gasteiger partial charge in [-0.25, -0.2) is 0 Å². The molecule has 0 saturated heterocycles. The molecule has 4 bridgehead atoms. The maximum atomic E-state index is 12.0. The number of fused-ring (bicyclic) bond motifs is 4. The summed E-state index contributed by atoms with van der Waals surface area (Å²) in [7, 11) is 1.81. The van der Waals surface area contributed by atoms with Crippen molar-refractivity contribution in [3.8, 4) is 11.5 Å². The molecule has 5 aliphatic carbocycles. The van der Waals surface area contributed by atoms with Crippen molar-refractivity contribution in [1.29, 1.82) is 0 Å². The van der Waals surface area contributed by atoms with E-state index in [1.54, 1.807) is 0 Å². The quantitative estimate of drug-likeness (QED) is 0.725. The van der Waals surface area contributed by atoms with Gasteiger partial charge in [-0.1, -0.05) is 33.8 Å². The SMILES string of the molecule is CO[C@]12CC[C@@]3(C[C@@H]1C(C)(O)C(C)(C)C)[C@@H](C)C[C@H]1C[C@@]34c3c1ccc(O)c3O[C@@H]24. The van der Waals surface area contributed by atoms with Gasteiger partial charge in [-0.3, -0.25) is 0 Å². The Kier molecular flexibility index (Phi) is 3.37. The number of phenols is 1. The highest BCUT2D eigenvalue weighted by molar-refractivity contribution is 5.65. The first-order valence-corrected chi connectivity index (χ1v) is 11.8. The van der Waals surface area contributed by atoms with Crippen molar-refractivity contribution in [2.75, 3.05) is 7.11 Å². The molecule has 30 heavy (non-hydrogen) atoms. The average Bonchev–Trinajstić information content (AvgIpc) is 3.17.